The highest BCUT2D eigenvalue weighted by Gasteiger charge is 2.11. The summed E-state index contributed by atoms with van der Waals surface area (Å²) in [5.41, 5.74) is 1.24. The van der Waals surface area contributed by atoms with Crippen LogP contribution in [0.15, 0.2) is 59.1 Å². The molecule has 0 unspecified atom stereocenters. The summed E-state index contributed by atoms with van der Waals surface area (Å²) in [6, 6.07) is 13.6. The number of nitrogens with one attached hydrogen (secondary N) is 1. The molecule has 0 atom stereocenters. The van der Waals surface area contributed by atoms with Crippen molar-refractivity contribution in [3.8, 4) is 17.2 Å². The van der Waals surface area contributed by atoms with Gasteiger partial charge in [-0.15, -0.1) is 0 Å². The number of amides is 1. The fraction of sp³-hybridized carbons (Fsp3) is 0.238. The van der Waals surface area contributed by atoms with Crippen LogP contribution in [0, 0.1) is 5.82 Å². The van der Waals surface area contributed by atoms with Crippen LogP contribution in [-0.2, 0) is 17.8 Å². The first-order valence-electron chi connectivity index (χ1n) is 8.84. The molecule has 1 aromatic carbocycles. The number of ether oxygens (including phenoxy) is 1. The topological polar surface area (TPSA) is 64.4 Å². The monoisotopic (exact) mass is 368 g/mol. The third-order valence-corrected chi connectivity index (χ3v) is 4.01. The van der Waals surface area contributed by atoms with Gasteiger partial charge in [0.1, 0.15) is 17.3 Å². The summed E-state index contributed by atoms with van der Waals surface area (Å²) in [6.45, 7) is 2.75. The van der Waals surface area contributed by atoms with Crippen molar-refractivity contribution in [2.24, 2.45) is 0 Å². The number of aromatic nitrogens is 1. The van der Waals surface area contributed by atoms with E-state index >= 15 is 0 Å². The van der Waals surface area contributed by atoms with Gasteiger partial charge in [0.05, 0.1) is 12.2 Å². The predicted octanol–water partition coefficient (Wildman–Crippen LogP) is 4.13. The van der Waals surface area contributed by atoms with E-state index in [0.717, 1.165) is 5.56 Å². The molecule has 0 radical (unpaired) electrons. The van der Waals surface area contributed by atoms with Crippen molar-refractivity contribution in [1.29, 1.82) is 0 Å². The second-order valence-electron chi connectivity index (χ2n) is 5.92. The van der Waals surface area contributed by atoms with Crippen LogP contribution >= 0.6 is 0 Å². The lowest BCUT2D eigenvalue weighted by molar-refractivity contribution is -0.121. The Morgan fingerprint density at radius 2 is 2.04 bits per heavy atom. The minimum absolute atomic E-state index is 0.106. The molecule has 2 heterocycles. The van der Waals surface area contributed by atoms with Crippen molar-refractivity contribution in [3.63, 3.8) is 0 Å². The molecule has 0 fully saturated rings. The third kappa shape index (κ3) is 4.94. The predicted molar refractivity (Wildman–Crippen MR) is 99.7 cm³/mol. The van der Waals surface area contributed by atoms with Crippen molar-refractivity contribution in [3.05, 3.63) is 71.9 Å². The summed E-state index contributed by atoms with van der Waals surface area (Å²) < 4.78 is 24.9. The van der Waals surface area contributed by atoms with Crippen molar-refractivity contribution in [2.45, 2.75) is 26.3 Å². The van der Waals surface area contributed by atoms with Gasteiger partial charge < -0.3 is 14.5 Å². The molecule has 0 saturated carbocycles. The third-order valence-electron chi connectivity index (χ3n) is 4.01. The minimum atomic E-state index is -0.335. The van der Waals surface area contributed by atoms with Crippen LogP contribution in [-0.4, -0.2) is 17.5 Å². The molecule has 0 bridgehead atoms. The van der Waals surface area contributed by atoms with Crippen LogP contribution in [0.2, 0.25) is 0 Å². The zero-order valence-corrected chi connectivity index (χ0v) is 15.1. The number of rotatable bonds is 8. The van der Waals surface area contributed by atoms with Crippen molar-refractivity contribution in [1.82, 2.24) is 10.3 Å². The van der Waals surface area contributed by atoms with Gasteiger partial charge >= 0.3 is 0 Å². The van der Waals surface area contributed by atoms with Crippen molar-refractivity contribution in [2.75, 3.05) is 6.61 Å². The molecule has 1 amide bonds. The average Bonchev–Trinajstić information content (AvgIpc) is 3.15. The Balaban J connectivity index is 1.52. The largest absolute Gasteiger partial charge is 0.478 e. The van der Waals surface area contributed by atoms with E-state index in [1.165, 1.54) is 6.07 Å². The molecule has 2 aromatic heterocycles. The molecule has 0 aliphatic rings. The zero-order valence-electron chi connectivity index (χ0n) is 15.1. The van der Waals surface area contributed by atoms with Crippen LogP contribution in [0.1, 0.15) is 24.7 Å². The number of aryl methyl sites for hydroxylation is 1. The summed E-state index contributed by atoms with van der Waals surface area (Å²) >= 11 is 0. The van der Waals surface area contributed by atoms with Gasteiger partial charge in [0.2, 0.25) is 11.8 Å². The van der Waals surface area contributed by atoms with Gasteiger partial charge in [-0.1, -0.05) is 18.2 Å². The van der Waals surface area contributed by atoms with Crippen LogP contribution in [0.4, 0.5) is 4.39 Å². The fourth-order valence-corrected chi connectivity index (χ4v) is 2.66. The Morgan fingerprint density at radius 1 is 1.19 bits per heavy atom. The van der Waals surface area contributed by atoms with E-state index in [2.05, 4.69) is 10.3 Å². The van der Waals surface area contributed by atoms with Crippen molar-refractivity contribution < 1.29 is 18.3 Å². The number of pyridine rings is 1. The maximum atomic E-state index is 13.8. The number of nitrogens with zero attached hydrogens (tertiary/aromatic N) is 1. The van der Waals surface area contributed by atoms with Gasteiger partial charge in [-0.25, -0.2) is 9.37 Å². The molecular formula is C21H21FN2O3. The summed E-state index contributed by atoms with van der Waals surface area (Å²) in [5.74, 6) is 1.18. The van der Waals surface area contributed by atoms with E-state index in [9.17, 15) is 9.18 Å². The van der Waals surface area contributed by atoms with E-state index in [0.29, 0.717) is 42.5 Å². The molecule has 6 heteroatoms. The highest BCUT2D eigenvalue weighted by Crippen LogP contribution is 2.25. The summed E-state index contributed by atoms with van der Waals surface area (Å²) in [4.78, 5) is 16.3. The van der Waals surface area contributed by atoms with Gasteiger partial charge in [0.25, 0.3) is 0 Å². The van der Waals surface area contributed by atoms with E-state index in [1.54, 1.807) is 42.6 Å². The second-order valence-corrected chi connectivity index (χ2v) is 5.92. The Labute approximate surface area is 157 Å². The molecular weight excluding hydrogens is 347 g/mol. The molecule has 5 nitrogen and oxygen atoms in total. The van der Waals surface area contributed by atoms with E-state index in [1.807, 2.05) is 13.0 Å². The smallest absolute Gasteiger partial charge is 0.220 e. The van der Waals surface area contributed by atoms with Crippen LogP contribution in [0.3, 0.4) is 0 Å². The van der Waals surface area contributed by atoms with Gasteiger partial charge in [-0.3, -0.25) is 4.79 Å². The van der Waals surface area contributed by atoms with Gasteiger partial charge in [0, 0.05) is 31.1 Å². The number of benzene rings is 1. The average molecular weight is 368 g/mol. The Hall–Kier alpha value is -3.15. The Bertz CT molecular complexity index is 908. The molecule has 3 aromatic rings. The van der Waals surface area contributed by atoms with Gasteiger partial charge in [0.15, 0.2) is 0 Å². The van der Waals surface area contributed by atoms with Crippen LogP contribution in [0.25, 0.3) is 11.3 Å². The summed E-state index contributed by atoms with van der Waals surface area (Å²) in [6.07, 6.45) is 2.36. The molecule has 3 rings (SSSR count). The summed E-state index contributed by atoms with van der Waals surface area (Å²) in [7, 11) is 0. The van der Waals surface area contributed by atoms with E-state index in [-0.39, 0.29) is 18.1 Å². The lowest BCUT2D eigenvalue weighted by Gasteiger charge is -2.09. The molecule has 1 N–H and O–H groups in total. The SMILES string of the molecule is CCOc1ncccc1CNC(=O)CCc1ccc(-c2ccccc2F)o1. The Kier molecular flexibility index (Phi) is 6.20. The molecule has 0 aliphatic carbocycles. The maximum Gasteiger partial charge on any atom is 0.220 e. The Morgan fingerprint density at radius 3 is 2.85 bits per heavy atom. The molecule has 27 heavy (non-hydrogen) atoms. The zero-order chi connectivity index (χ0) is 19.1. The van der Waals surface area contributed by atoms with E-state index < -0.39 is 0 Å². The number of carbonyl (C=O) groups is 1. The lowest BCUT2D eigenvalue weighted by atomic mass is 10.1. The standard InChI is InChI=1S/C21H21FN2O3/c1-2-26-21-15(6-5-13-23-21)14-24-20(25)12-10-16-9-11-19(27-16)17-7-3-4-8-18(17)22/h3-9,11,13H,2,10,12,14H2,1H3,(H,24,25). The quantitative estimate of drug-likeness (QED) is 0.649. The minimum Gasteiger partial charge on any atom is -0.478 e. The second kappa shape index (κ2) is 8.98. The lowest BCUT2D eigenvalue weighted by Crippen LogP contribution is -2.23. The first-order chi connectivity index (χ1) is 13.2. The van der Waals surface area contributed by atoms with Crippen LogP contribution in [0.5, 0.6) is 5.88 Å². The van der Waals surface area contributed by atoms with Gasteiger partial charge in [-0.05, 0) is 37.3 Å². The molecule has 0 aliphatic heterocycles. The first kappa shape index (κ1) is 18.6. The van der Waals surface area contributed by atoms with Crippen LogP contribution < -0.4 is 10.1 Å². The number of hydrogen-bond donors (Lipinski definition) is 1. The number of hydrogen-bond acceptors (Lipinski definition) is 4. The number of halogens is 1. The van der Waals surface area contributed by atoms with Gasteiger partial charge in [-0.2, -0.15) is 0 Å². The maximum absolute atomic E-state index is 13.8. The summed E-state index contributed by atoms with van der Waals surface area (Å²) in [5, 5.41) is 2.86. The number of furan rings is 1. The molecule has 0 saturated heterocycles. The molecule has 0 spiro atoms. The fourth-order valence-electron chi connectivity index (χ4n) is 2.66. The highest BCUT2D eigenvalue weighted by atomic mass is 19.1. The number of carbonyl (C=O) groups excluding carboxylic acids is 1. The van der Waals surface area contributed by atoms with Crippen molar-refractivity contribution >= 4 is 5.91 Å². The van der Waals surface area contributed by atoms with E-state index in [4.69, 9.17) is 9.15 Å². The highest BCUT2D eigenvalue weighted by molar-refractivity contribution is 5.76. The molecule has 140 valence electrons. The first-order valence-corrected chi connectivity index (χ1v) is 8.84. The normalized spacial score (nSPS) is 10.6.